The predicted molar refractivity (Wildman–Crippen MR) is 117 cm³/mol. The Balaban J connectivity index is 2.02. The van der Waals surface area contributed by atoms with Crippen LogP contribution in [0.3, 0.4) is 0 Å². The van der Waals surface area contributed by atoms with Gasteiger partial charge in [0.1, 0.15) is 23.5 Å². The summed E-state index contributed by atoms with van der Waals surface area (Å²) < 4.78 is 36.6. The number of hydrogen-bond donors (Lipinski definition) is 0. The molecule has 0 bridgehead atoms. The van der Waals surface area contributed by atoms with E-state index in [1.165, 1.54) is 18.2 Å². The van der Waals surface area contributed by atoms with E-state index in [2.05, 4.69) is 9.98 Å². The van der Waals surface area contributed by atoms with E-state index in [1.807, 2.05) is 17.7 Å². The monoisotopic (exact) mass is 460 g/mol. The van der Waals surface area contributed by atoms with E-state index >= 15 is 0 Å². The third kappa shape index (κ3) is 3.93. The summed E-state index contributed by atoms with van der Waals surface area (Å²) in [5.41, 5.74) is 1.49. The van der Waals surface area contributed by atoms with Gasteiger partial charge in [-0.15, -0.1) is 0 Å². The molecule has 4 nitrogen and oxygen atoms in total. The highest BCUT2D eigenvalue weighted by Gasteiger charge is 2.33. The number of ether oxygens (including phenoxy) is 1. The fourth-order valence-electron chi connectivity index (χ4n) is 3.46. The fraction of sp³-hybridized carbons (Fsp3) is 0.174. The van der Waals surface area contributed by atoms with E-state index in [0.29, 0.717) is 23.7 Å². The van der Waals surface area contributed by atoms with Gasteiger partial charge in [-0.1, -0.05) is 34.3 Å². The van der Waals surface area contributed by atoms with Crippen LogP contribution in [0, 0.1) is 11.6 Å². The first-order valence-electron chi connectivity index (χ1n) is 9.63. The molecule has 3 aromatic rings. The van der Waals surface area contributed by atoms with Crippen molar-refractivity contribution in [1.82, 2.24) is 4.98 Å². The second-order valence-electron chi connectivity index (χ2n) is 6.88. The number of rotatable bonds is 4. The largest absolute Gasteiger partial charge is 0.501 e. The molecule has 0 amide bonds. The first-order chi connectivity index (χ1) is 14.9. The zero-order chi connectivity index (χ0) is 22.1. The van der Waals surface area contributed by atoms with Gasteiger partial charge in [-0.25, -0.2) is 8.78 Å². The molecule has 0 unspecified atom stereocenters. The molecule has 2 heterocycles. The van der Waals surface area contributed by atoms with Crippen LogP contribution in [0.15, 0.2) is 54.0 Å². The molecule has 1 aromatic heterocycles. The first-order valence-corrected chi connectivity index (χ1v) is 10.4. The number of fused-ring (bicyclic) bond motifs is 3. The maximum atomic E-state index is 14.7. The Morgan fingerprint density at radius 1 is 1.13 bits per heavy atom. The molecule has 31 heavy (non-hydrogen) atoms. The van der Waals surface area contributed by atoms with Gasteiger partial charge in [-0.05, 0) is 44.2 Å². The van der Waals surface area contributed by atoms with E-state index in [4.69, 9.17) is 27.9 Å². The number of benzene rings is 2. The van der Waals surface area contributed by atoms with Gasteiger partial charge >= 0.3 is 5.82 Å². The van der Waals surface area contributed by atoms with Gasteiger partial charge in [0.05, 0.1) is 45.3 Å². The van der Waals surface area contributed by atoms with Crippen molar-refractivity contribution in [2.24, 2.45) is 4.99 Å². The third-order valence-electron chi connectivity index (χ3n) is 4.86. The maximum absolute atomic E-state index is 14.7. The van der Waals surface area contributed by atoms with Crippen LogP contribution < -0.4 is 4.57 Å². The number of aromatic nitrogens is 2. The van der Waals surface area contributed by atoms with Crippen molar-refractivity contribution in [3.8, 4) is 5.69 Å². The van der Waals surface area contributed by atoms with Crippen LogP contribution in [-0.2, 0) is 4.74 Å². The Bertz CT molecular complexity index is 1210. The molecule has 1 aliphatic heterocycles. The van der Waals surface area contributed by atoms with Crippen molar-refractivity contribution in [2.75, 3.05) is 6.61 Å². The summed E-state index contributed by atoms with van der Waals surface area (Å²) in [7, 11) is 0. The molecular formula is C23H18Cl2F2N3O+. The summed E-state index contributed by atoms with van der Waals surface area (Å²) in [5.74, 6) is -0.894. The molecule has 158 valence electrons. The predicted octanol–water partition coefficient (Wildman–Crippen LogP) is 5.86. The van der Waals surface area contributed by atoms with E-state index in [1.54, 1.807) is 37.6 Å². The van der Waals surface area contributed by atoms with Crippen molar-refractivity contribution in [3.63, 3.8) is 0 Å². The smallest absolute Gasteiger partial charge is 0.327 e. The van der Waals surface area contributed by atoms with Gasteiger partial charge in [0.2, 0.25) is 0 Å². The number of hydrogen-bond acceptors (Lipinski definition) is 3. The Kier molecular flexibility index (Phi) is 6.03. The molecule has 0 spiro atoms. The highest BCUT2D eigenvalue weighted by atomic mass is 35.5. The van der Waals surface area contributed by atoms with Crippen LogP contribution in [0.4, 0.5) is 8.78 Å². The van der Waals surface area contributed by atoms with Crippen LogP contribution in [0.1, 0.15) is 42.4 Å². The van der Waals surface area contributed by atoms with E-state index in [9.17, 15) is 8.78 Å². The molecule has 0 N–H and O–H groups in total. The Morgan fingerprint density at radius 2 is 1.87 bits per heavy atom. The van der Waals surface area contributed by atoms with Crippen LogP contribution in [-0.4, -0.2) is 17.3 Å². The highest BCUT2D eigenvalue weighted by molar-refractivity contribution is 6.45. The molecule has 0 radical (unpaired) electrons. The van der Waals surface area contributed by atoms with Crippen molar-refractivity contribution in [2.45, 2.75) is 19.9 Å². The lowest BCUT2D eigenvalue weighted by atomic mass is 9.99. The zero-order valence-corrected chi connectivity index (χ0v) is 18.3. The minimum Gasteiger partial charge on any atom is -0.501 e. The van der Waals surface area contributed by atoms with Crippen LogP contribution in [0.25, 0.3) is 11.8 Å². The minimum atomic E-state index is -0.739. The van der Waals surface area contributed by atoms with Gasteiger partial charge in [0, 0.05) is 0 Å². The SMILES string of the molecule is CCO/C=C/c1cnc2[n+](c1)-c1ccc(Cl)c(Cl)c1C(c1c(F)cccc1F)=N[C@H]2C. The van der Waals surface area contributed by atoms with Crippen molar-refractivity contribution >= 4 is 35.0 Å². The Morgan fingerprint density at radius 3 is 2.58 bits per heavy atom. The summed E-state index contributed by atoms with van der Waals surface area (Å²) >= 11 is 12.8. The lowest BCUT2D eigenvalue weighted by Crippen LogP contribution is -2.38. The first kappa shape index (κ1) is 21.4. The molecule has 0 aliphatic carbocycles. The quantitative estimate of drug-likeness (QED) is 0.361. The zero-order valence-electron chi connectivity index (χ0n) is 16.7. The van der Waals surface area contributed by atoms with Gasteiger partial charge in [-0.3, -0.25) is 4.99 Å². The van der Waals surface area contributed by atoms with E-state index < -0.39 is 17.7 Å². The average molecular weight is 461 g/mol. The lowest BCUT2D eigenvalue weighted by molar-refractivity contribution is -0.609. The second-order valence-corrected chi connectivity index (χ2v) is 7.66. The molecule has 1 aliphatic rings. The molecular weight excluding hydrogens is 443 g/mol. The van der Waals surface area contributed by atoms with Crippen LogP contribution >= 0.6 is 23.2 Å². The van der Waals surface area contributed by atoms with Gasteiger partial charge < -0.3 is 4.74 Å². The Hall–Kier alpha value is -2.83. The fourth-order valence-corrected chi connectivity index (χ4v) is 3.87. The standard InChI is InChI=1S/C23H18Cl2F2N3O/c1-3-31-10-9-14-11-28-23-13(2)29-22(19-16(26)5-4-6-17(19)27)20-18(30(23)12-14)8-7-15(24)21(20)25/h4-13H,3H2,1-2H3/q+1/b10-9+/t13-/m0/s1. The highest BCUT2D eigenvalue weighted by Crippen LogP contribution is 2.35. The normalized spacial score (nSPS) is 15.3. The van der Waals surface area contributed by atoms with Crippen LogP contribution in [0.5, 0.6) is 0 Å². The van der Waals surface area contributed by atoms with E-state index in [-0.39, 0.29) is 21.3 Å². The number of nitrogens with zero attached hydrogens (tertiary/aromatic N) is 3. The third-order valence-corrected chi connectivity index (χ3v) is 5.66. The molecule has 2 aromatic carbocycles. The summed E-state index contributed by atoms with van der Waals surface area (Å²) in [6.07, 6.45) is 6.87. The molecule has 0 fully saturated rings. The van der Waals surface area contributed by atoms with Crippen LogP contribution in [0.2, 0.25) is 10.0 Å². The maximum Gasteiger partial charge on any atom is 0.327 e. The minimum absolute atomic E-state index is 0.0857. The van der Waals surface area contributed by atoms with E-state index in [0.717, 1.165) is 5.56 Å². The Labute approximate surface area is 188 Å². The number of aliphatic imine (C=N–C) groups is 1. The molecule has 4 rings (SSSR count). The molecule has 8 heteroatoms. The average Bonchev–Trinajstić information content (AvgIpc) is 2.86. The molecule has 1 atom stereocenters. The van der Waals surface area contributed by atoms with Gasteiger partial charge in [-0.2, -0.15) is 4.57 Å². The van der Waals surface area contributed by atoms with Gasteiger partial charge in [0.25, 0.3) is 0 Å². The van der Waals surface area contributed by atoms with Crippen molar-refractivity contribution < 1.29 is 18.1 Å². The summed E-state index contributed by atoms with van der Waals surface area (Å²) in [6.45, 7) is 4.23. The summed E-state index contributed by atoms with van der Waals surface area (Å²) in [6, 6.07) is 6.52. The topological polar surface area (TPSA) is 38.4 Å². The summed E-state index contributed by atoms with van der Waals surface area (Å²) in [5, 5.41) is 0.408. The summed E-state index contributed by atoms with van der Waals surface area (Å²) in [4.78, 5) is 9.17. The lowest BCUT2D eigenvalue weighted by Gasteiger charge is -2.13. The second kappa shape index (κ2) is 8.73. The van der Waals surface area contributed by atoms with Crippen molar-refractivity contribution in [1.29, 1.82) is 0 Å². The molecule has 0 saturated heterocycles. The van der Waals surface area contributed by atoms with Gasteiger partial charge in [0.15, 0.2) is 12.2 Å². The molecule has 0 saturated carbocycles. The van der Waals surface area contributed by atoms with Crippen molar-refractivity contribution in [3.05, 3.63) is 93.2 Å². The number of halogens is 4.